The van der Waals surface area contributed by atoms with Gasteiger partial charge in [-0.1, -0.05) is 54.1 Å². The number of Topliss-reactive ketones (excluding diaryl/α,β-unsaturated/α-hetero) is 1. The minimum absolute atomic E-state index is 0.0752. The molecule has 1 aromatic heterocycles. The fourth-order valence-electron chi connectivity index (χ4n) is 3.02. The number of rotatable bonds is 4. The molecule has 0 atom stereocenters. The van der Waals surface area contributed by atoms with Gasteiger partial charge in [-0.05, 0) is 36.4 Å². The number of ketones is 1. The van der Waals surface area contributed by atoms with Crippen molar-refractivity contribution >= 4 is 28.4 Å². The van der Waals surface area contributed by atoms with Crippen LogP contribution in [0.2, 0.25) is 5.02 Å². The summed E-state index contributed by atoms with van der Waals surface area (Å²) in [6.07, 6.45) is 0. The van der Waals surface area contributed by atoms with E-state index in [0.29, 0.717) is 27.4 Å². The third-order valence-electron chi connectivity index (χ3n) is 4.35. The zero-order valence-electron chi connectivity index (χ0n) is 14.3. The number of benzene rings is 2. The summed E-state index contributed by atoms with van der Waals surface area (Å²) in [4.78, 5) is 29.8. The highest BCUT2D eigenvalue weighted by molar-refractivity contribution is 6.30. The first-order chi connectivity index (χ1) is 13.1. The summed E-state index contributed by atoms with van der Waals surface area (Å²) in [6.45, 7) is 0.0752. The van der Waals surface area contributed by atoms with E-state index in [4.69, 9.17) is 11.6 Å². The Morgan fingerprint density at radius 1 is 0.889 bits per heavy atom. The van der Waals surface area contributed by atoms with Gasteiger partial charge in [0.1, 0.15) is 11.3 Å². The quantitative estimate of drug-likeness (QED) is 0.490. The molecule has 0 saturated heterocycles. The van der Waals surface area contributed by atoms with E-state index in [1.807, 2.05) is 36.4 Å². The van der Waals surface area contributed by atoms with Crippen molar-refractivity contribution < 1.29 is 4.79 Å². The molecule has 4 aromatic rings. The predicted molar refractivity (Wildman–Crippen MR) is 107 cm³/mol. The molecule has 0 unspecified atom stereocenters. The summed E-state index contributed by atoms with van der Waals surface area (Å²) >= 11 is 5.91. The van der Waals surface area contributed by atoms with Gasteiger partial charge in [-0.15, -0.1) is 0 Å². The summed E-state index contributed by atoms with van der Waals surface area (Å²) in [5.74, 6) is 0.512. The summed E-state index contributed by atoms with van der Waals surface area (Å²) in [6, 6.07) is 23.1. The van der Waals surface area contributed by atoms with Gasteiger partial charge in [-0.25, -0.2) is 4.98 Å². The van der Waals surface area contributed by atoms with Gasteiger partial charge in [0.05, 0.1) is 12.1 Å². The Kier molecular flexibility index (Phi) is 4.57. The Morgan fingerprint density at radius 3 is 2.30 bits per heavy atom. The highest BCUT2D eigenvalue weighted by Crippen LogP contribution is 2.23. The molecule has 0 fully saturated rings. The molecule has 4 nitrogen and oxygen atoms in total. The number of halogens is 1. The van der Waals surface area contributed by atoms with Crippen LogP contribution in [0.5, 0.6) is 0 Å². The first-order valence-corrected chi connectivity index (χ1v) is 8.85. The van der Waals surface area contributed by atoms with Crippen molar-refractivity contribution in [1.82, 2.24) is 9.55 Å². The van der Waals surface area contributed by atoms with E-state index in [1.165, 1.54) is 6.07 Å². The van der Waals surface area contributed by atoms with Gasteiger partial charge in [0.2, 0.25) is 5.43 Å². The van der Waals surface area contributed by atoms with Gasteiger partial charge in [-0.3, -0.25) is 9.59 Å². The molecule has 0 N–H and O–H groups in total. The van der Waals surface area contributed by atoms with Gasteiger partial charge in [-0.2, -0.15) is 0 Å². The zero-order valence-corrected chi connectivity index (χ0v) is 15.1. The molecule has 27 heavy (non-hydrogen) atoms. The van der Waals surface area contributed by atoms with E-state index in [-0.39, 0.29) is 17.8 Å². The van der Waals surface area contributed by atoms with Gasteiger partial charge in [0.15, 0.2) is 5.78 Å². The molecular formula is C22H15ClN2O2. The first-order valence-electron chi connectivity index (χ1n) is 8.47. The molecule has 0 amide bonds. The number of hydrogen-bond acceptors (Lipinski definition) is 3. The van der Waals surface area contributed by atoms with Crippen molar-refractivity contribution in [2.45, 2.75) is 6.54 Å². The van der Waals surface area contributed by atoms with E-state index < -0.39 is 0 Å². The normalized spacial score (nSPS) is 10.9. The number of carbonyl (C=O) groups excluding carboxylic acids is 1. The highest BCUT2D eigenvalue weighted by Gasteiger charge is 2.17. The second-order valence-corrected chi connectivity index (χ2v) is 6.57. The van der Waals surface area contributed by atoms with Crippen molar-refractivity contribution in [3.8, 4) is 11.4 Å². The second kappa shape index (κ2) is 7.17. The molecule has 0 saturated carbocycles. The third-order valence-corrected chi connectivity index (χ3v) is 4.60. The fraction of sp³-hybridized carbons (Fsp3) is 0.0455. The molecule has 0 radical (unpaired) electrons. The summed E-state index contributed by atoms with van der Waals surface area (Å²) in [7, 11) is 0. The number of carbonyl (C=O) groups is 1. The van der Waals surface area contributed by atoms with Gasteiger partial charge >= 0.3 is 0 Å². The Labute approximate surface area is 160 Å². The highest BCUT2D eigenvalue weighted by atomic mass is 35.5. The molecule has 0 aliphatic carbocycles. The summed E-state index contributed by atoms with van der Waals surface area (Å²) < 4.78 is 1.79. The molecule has 3 aromatic carbocycles. The number of imidazole rings is 1. The van der Waals surface area contributed by atoms with Crippen LogP contribution in [-0.2, 0) is 6.54 Å². The van der Waals surface area contributed by atoms with Crippen LogP contribution in [0.3, 0.4) is 0 Å². The average molecular weight is 375 g/mol. The fourth-order valence-corrected chi connectivity index (χ4v) is 3.15. The monoisotopic (exact) mass is 374 g/mol. The van der Waals surface area contributed by atoms with E-state index in [2.05, 4.69) is 4.98 Å². The molecule has 0 spiro atoms. The van der Waals surface area contributed by atoms with E-state index in [9.17, 15) is 9.59 Å². The standard InChI is InChI=1S/C22H15ClN2O2/c23-17-12-10-15(11-13-17)20(27)14-25-18-8-4-5-9-19(26)21(18)24-22(25)16-6-2-1-3-7-16/h1-13H,14H2. The van der Waals surface area contributed by atoms with Crippen LogP contribution in [0.25, 0.3) is 22.4 Å². The number of aromatic nitrogens is 2. The maximum atomic E-state index is 12.8. The number of fused-ring (bicyclic) bond motifs is 1. The lowest BCUT2D eigenvalue weighted by Gasteiger charge is -2.09. The lowest BCUT2D eigenvalue weighted by Crippen LogP contribution is -2.11. The molecule has 0 bridgehead atoms. The first kappa shape index (κ1) is 17.2. The van der Waals surface area contributed by atoms with Crippen molar-refractivity contribution in [1.29, 1.82) is 0 Å². The van der Waals surface area contributed by atoms with Gasteiger partial charge in [0, 0.05) is 16.1 Å². The molecule has 5 heteroatoms. The van der Waals surface area contributed by atoms with E-state index in [0.717, 1.165) is 5.56 Å². The van der Waals surface area contributed by atoms with Crippen molar-refractivity contribution in [3.63, 3.8) is 0 Å². The predicted octanol–water partition coefficient (Wildman–Crippen LogP) is 4.60. The molecule has 4 rings (SSSR count). The van der Waals surface area contributed by atoms with Crippen molar-refractivity contribution in [2.24, 2.45) is 0 Å². The Hall–Kier alpha value is -3.24. The summed E-state index contributed by atoms with van der Waals surface area (Å²) in [5, 5.41) is 0.577. The summed E-state index contributed by atoms with van der Waals surface area (Å²) in [5.41, 5.74) is 2.21. The van der Waals surface area contributed by atoms with Gasteiger partial charge < -0.3 is 4.57 Å². The topological polar surface area (TPSA) is 52.0 Å². The van der Waals surface area contributed by atoms with Crippen LogP contribution in [0.4, 0.5) is 0 Å². The molecule has 1 heterocycles. The van der Waals surface area contributed by atoms with Crippen molar-refractivity contribution in [2.75, 3.05) is 0 Å². The van der Waals surface area contributed by atoms with Crippen LogP contribution in [0.1, 0.15) is 10.4 Å². The SMILES string of the molecule is O=C(Cn1c(-c2ccccc2)nc2c(=O)ccccc21)c1ccc(Cl)cc1. The lowest BCUT2D eigenvalue weighted by atomic mass is 10.1. The molecule has 0 aliphatic heterocycles. The van der Waals surface area contributed by atoms with Crippen LogP contribution in [0, 0.1) is 0 Å². The van der Waals surface area contributed by atoms with Crippen LogP contribution in [-0.4, -0.2) is 15.3 Å². The van der Waals surface area contributed by atoms with E-state index in [1.54, 1.807) is 41.0 Å². The lowest BCUT2D eigenvalue weighted by molar-refractivity contribution is 0.0974. The van der Waals surface area contributed by atoms with Crippen LogP contribution in [0.15, 0.2) is 83.7 Å². The largest absolute Gasteiger partial charge is 0.316 e. The Balaban J connectivity index is 1.88. The molecular weight excluding hydrogens is 360 g/mol. The second-order valence-electron chi connectivity index (χ2n) is 6.13. The number of hydrogen-bond donors (Lipinski definition) is 0. The Bertz CT molecular complexity index is 1180. The van der Waals surface area contributed by atoms with Crippen molar-refractivity contribution in [3.05, 3.63) is 99.7 Å². The molecule has 132 valence electrons. The Morgan fingerprint density at radius 2 is 1.56 bits per heavy atom. The average Bonchev–Trinajstić information content (AvgIpc) is 2.94. The third kappa shape index (κ3) is 3.39. The maximum Gasteiger partial charge on any atom is 0.206 e. The van der Waals surface area contributed by atoms with Crippen LogP contribution < -0.4 is 5.43 Å². The van der Waals surface area contributed by atoms with Crippen LogP contribution >= 0.6 is 11.6 Å². The smallest absolute Gasteiger partial charge is 0.206 e. The molecule has 0 aliphatic rings. The van der Waals surface area contributed by atoms with Gasteiger partial charge in [0.25, 0.3) is 0 Å². The number of nitrogens with zero attached hydrogens (tertiary/aromatic N) is 2. The minimum Gasteiger partial charge on any atom is -0.316 e. The minimum atomic E-state index is -0.176. The maximum absolute atomic E-state index is 12.8. The van der Waals surface area contributed by atoms with E-state index >= 15 is 0 Å². The zero-order chi connectivity index (χ0) is 18.8.